The molecule has 0 aliphatic rings. The Hall–Kier alpha value is -1.24. The van der Waals surface area contributed by atoms with Gasteiger partial charge in [-0.05, 0) is 24.3 Å². The summed E-state index contributed by atoms with van der Waals surface area (Å²) in [7, 11) is 1.36. The molecular formula is C11H9ClN2O2S2. The minimum Gasteiger partial charge on any atom is -0.465 e. The highest BCUT2D eigenvalue weighted by Gasteiger charge is 2.05. The molecule has 0 unspecified atom stereocenters. The van der Waals surface area contributed by atoms with Crippen LogP contribution >= 0.6 is 34.9 Å². The van der Waals surface area contributed by atoms with Crippen LogP contribution in [0.1, 0.15) is 10.4 Å². The summed E-state index contributed by atoms with van der Waals surface area (Å²) in [4.78, 5) is 15.3. The number of rotatable bonds is 4. The van der Waals surface area contributed by atoms with E-state index in [0.29, 0.717) is 10.0 Å². The van der Waals surface area contributed by atoms with E-state index in [1.807, 2.05) is 5.38 Å². The van der Waals surface area contributed by atoms with Crippen molar-refractivity contribution in [2.45, 2.75) is 5.03 Å². The average Bonchev–Trinajstić information content (AvgIpc) is 2.82. The quantitative estimate of drug-likeness (QED) is 0.689. The molecule has 0 fully saturated rings. The molecule has 0 atom stereocenters. The van der Waals surface area contributed by atoms with E-state index in [9.17, 15) is 4.79 Å². The van der Waals surface area contributed by atoms with Gasteiger partial charge in [-0.1, -0.05) is 11.6 Å². The number of aromatic nitrogens is 1. The van der Waals surface area contributed by atoms with Crippen LogP contribution in [0.2, 0.25) is 4.47 Å². The number of benzene rings is 1. The lowest BCUT2D eigenvalue weighted by molar-refractivity contribution is 0.0601. The largest absolute Gasteiger partial charge is 0.465 e. The molecule has 4 nitrogen and oxygen atoms in total. The van der Waals surface area contributed by atoms with E-state index in [-0.39, 0.29) is 5.97 Å². The first-order valence-corrected chi connectivity index (χ1v) is 6.98. The third-order valence-corrected chi connectivity index (χ3v) is 3.92. The molecule has 0 aliphatic heterocycles. The topological polar surface area (TPSA) is 51.2 Å². The van der Waals surface area contributed by atoms with Crippen LogP contribution in [0.3, 0.4) is 0 Å². The molecule has 94 valence electrons. The van der Waals surface area contributed by atoms with Gasteiger partial charge in [-0.3, -0.25) is 0 Å². The third-order valence-electron chi connectivity index (χ3n) is 2.03. The number of carbonyl (C=O) groups excluding carboxylic acids is 1. The highest BCUT2D eigenvalue weighted by Crippen LogP contribution is 2.25. The highest BCUT2D eigenvalue weighted by atomic mass is 35.5. The van der Waals surface area contributed by atoms with E-state index < -0.39 is 0 Å². The molecule has 2 aromatic rings. The second kappa shape index (κ2) is 6.08. The van der Waals surface area contributed by atoms with Crippen molar-refractivity contribution in [3.05, 3.63) is 39.7 Å². The maximum atomic E-state index is 11.2. The predicted molar refractivity (Wildman–Crippen MR) is 74.4 cm³/mol. The molecule has 1 heterocycles. The van der Waals surface area contributed by atoms with Gasteiger partial charge in [0, 0.05) is 23.0 Å². The number of nitrogens with one attached hydrogen (secondary N) is 1. The van der Waals surface area contributed by atoms with Gasteiger partial charge in [0.1, 0.15) is 5.03 Å². The van der Waals surface area contributed by atoms with Crippen molar-refractivity contribution in [1.29, 1.82) is 0 Å². The van der Waals surface area contributed by atoms with Gasteiger partial charge in [0.05, 0.1) is 12.7 Å². The highest BCUT2D eigenvalue weighted by molar-refractivity contribution is 8.00. The fourth-order valence-corrected chi connectivity index (χ4v) is 2.76. The van der Waals surface area contributed by atoms with Gasteiger partial charge >= 0.3 is 5.97 Å². The van der Waals surface area contributed by atoms with Crippen molar-refractivity contribution < 1.29 is 9.53 Å². The number of halogens is 1. The fraction of sp³-hybridized carbons (Fsp3) is 0.0909. The molecule has 0 amide bonds. The van der Waals surface area contributed by atoms with E-state index >= 15 is 0 Å². The van der Waals surface area contributed by atoms with Crippen LogP contribution in [0.25, 0.3) is 0 Å². The maximum Gasteiger partial charge on any atom is 0.337 e. The lowest BCUT2D eigenvalue weighted by Gasteiger charge is -2.04. The van der Waals surface area contributed by atoms with Gasteiger partial charge in [-0.25, -0.2) is 9.78 Å². The van der Waals surface area contributed by atoms with Crippen molar-refractivity contribution >= 4 is 46.5 Å². The van der Waals surface area contributed by atoms with Gasteiger partial charge in [0.2, 0.25) is 0 Å². The van der Waals surface area contributed by atoms with Crippen LogP contribution < -0.4 is 4.72 Å². The molecule has 18 heavy (non-hydrogen) atoms. The van der Waals surface area contributed by atoms with Crippen molar-refractivity contribution in [2.24, 2.45) is 0 Å². The molecule has 0 saturated carbocycles. The monoisotopic (exact) mass is 300 g/mol. The summed E-state index contributed by atoms with van der Waals surface area (Å²) in [6, 6.07) is 6.99. The average molecular weight is 301 g/mol. The summed E-state index contributed by atoms with van der Waals surface area (Å²) in [5.74, 6) is -0.347. The number of anilines is 1. The van der Waals surface area contributed by atoms with Crippen LogP contribution in [-0.2, 0) is 4.74 Å². The van der Waals surface area contributed by atoms with Gasteiger partial charge in [-0.15, -0.1) is 11.3 Å². The van der Waals surface area contributed by atoms with Crippen molar-refractivity contribution in [1.82, 2.24) is 4.98 Å². The standard InChI is InChI=1S/C11H9ClN2O2S2/c1-16-10(15)7-2-4-8(5-3-7)14-18-9-6-17-11(12)13-9/h2-6,14H,1H3. The number of ether oxygens (including phenoxy) is 1. The summed E-state index contributed by atoms with van der Waals surface area (Å²) in [6.45, 7) is 0. The molecule has 0 saturated heterocycles. The Balaban J connectivity index is 1.96. The summed E-state index contributed by atoms with van der Waals surface area (Å²) < 4.78 is 8.24. The van der Waals surface area contributed by atoms with Gasteiger partial charge in [0.15, 0.2) is 4.47 Å². The number of hydrogen-bond acceptors (Lipinski definition) is 6. The second-order valence-electron chi connectivity index (χ2n) is 3.21. The Morgan fingerprint density at radius 1 is 1.44 bits per heavy atom. The Morgan fingerprint density at radius 2 is 2.17 bits per heavy atom. The Kier molecular flexibility index (Phi) is 4.46. The number of esters is 1. The molecular weight excluding hydrogens is 292 g/mol. The van der Waals surface area contributed by atoms with E-state index in [4.69, 9.17) is 11.6 Å². The van der Waals surface area contributed by atoms with Crippen molar-refractivity contribution in [2.75, 3.05) is 11.8 Å². The van der Waals surface area contributed by atoms with Gasteiger partial charge in [0.25, 0.3) is 0 Å². The SMILES string of the molecule is COC(=O)c1ccc(NSc2csc(Cl)n2)cc1. The van der Waals surface area contributed by atoms with Crippen LogP contribution in [0, 0.1) is 0 Å². The summed E-state index contributed by atoms with van der Waals surface area (Å²) in [6.07, 6.45) is 0. The first kappa shape index (κ1) is 13.2. The predicted octanol–water partition coefficient (Wildman–Crippen LogP) is 3.70. The Morgan fingerprint density at radius 3 is 2.72 bits per heavy atom. The molecule has 0 radical (unpaired) electrons. The van der Waals surface area contributed by atoms with Crippen LogP contribution in [0.15, 0.2) is 34.7 Å². The lowest BCUT2D eigenvalue weighted by Crippen LogP contribution is -2.00. The van der Waals surface area contributed by atoms with E-state index in [2.05, 4.69) is 14.4 Å². The molecule has 7 heteroatoms. The number of methoxy groups -OCH3 is 1. The lowest BCUT2D eigenvalue weighted by atomic mass is 10.2. The first-order valence-electron chi connectivity index (χ1n) is 4.91. The Labute approximate surface area is 117 Å². The normalized spacial score (nSPS) is 10.1. The smallest absolute Gasteiger partial charge is 0.337 e. The number of hydrogen-bond donors (Lipinski definition) is 1. The maximum absolute atomic E-state index is 11.2. The minimum atomic E-state index is -0.347. The van der Waals surface area contributed by atoms with Crippen LogP contribution in [-0.4, -0.2) is 18.1 Å². The Bertz CT molecular complexity index is 542. The van der Waals surface area contributed by atoms with Crippen molar-refractivity contribution in [3.63, 3.8) is 0 Å². The van der Waals surface area contributed by atoms with E-state index in [0.717, 1.165) is 10.7 Å². The molecule has 2 rings (SSSR count). The fourth-order valence-electron chi connectivity index (χ4n) is 1.19. The summed E-state index contributed by atoms with van der Waals surface area (Å²) in [5.41, 5.74) is 1.39. The third kappa shape index (κ3) is 3.38. The summed E-state index contributed by atoms with van der Waals surface area (Å²) >= 11 is 8.47. The minimum absolute atomic E-state index is 0.347. The molecule has 1 aromatic heterocycles. The number of nitrogens with zero attached hydrogens (tertiary/aromatic N) is 1. The molecule has 1 N–H and O–H groups in total. The molecule has 1 aromatic carbocycles. The molecule has 0 spiro atoms. The van der Waals surface area contributed by atoms with Crippen LogP contribution in [0.5, 0.6) is 0 Å². The number of carbonyl (C=O) groups is 1. The molecule has 0 aliphatic carbocycles. The zero-order valence-electron chi connectivity index (χ0n) is 9.34. The zero-order chi connectivity index (χ0) is 13.0. The van der Waals surface area contributed by atoms with E-state index in [1.54, 1.807) is 24.3 Å². The van der Waals surface area contributed by atoms with Gasteiger partial charge < -0.3 is 9.46 Å². The van der Waals surface area contributed by atoms with E-state index in [1.165, 1.54) is 30.4 Å². The van der Waals surface area contributed by atoms with Gasteiger partial charge in [-0.2, -0.15) is 0 Å². The summed E-state index contributed by atoms with van der Waals surface area (Å²) in [5, 5.41) is 2.67. The number of thiazole rings is 1. The van der Waals surface area contributed by atoms with Crippen LogP contribution in [0.4, 0.5) is 5.69 Å². The molecule has 0 bridgehead atoms. The zero-order valence-corrected chi connectivity index (χ0v) is 11.7. The van der Waals surface area contributed by atoms with Crippen molar-refractivity contribution in [3.8, 4) is 0 Å². The first-order chi connectivity index (χ1) is 8.69. The second-order valence-corrected chi connectivity index (χ2v) is 5.48.